The van der Waals surface area contributed by atoms with Gasteiger partial charge in [0.1, 0.15) is 18.4 Å². The average Bonchev–Trinajstić information content (AvgIpc) is 3.13. The maximum atomic E-state index is 12.3. The zero-order valence-corrected chi connectivity index (χ0v) is 15.1. The van der Waals surface area contributed by atoms with Gasteiger partial charge in [-0.3, -0.25) is 0 Å². The Morgan fingerprint density at radius 2 is 1.64 bits per heavy atom. The molecule has 1 heterocycles. The largest absolute Gasteiger partial charge is 0.573 e. The summed E-state index contributed by atoms with van der Waals surface area (Å²) in [6.07, 6.45) is -1.81. The molecule has 0 aliphatic carbocycles. The molecular weight excluding hydrogens is 397 g/mol. The van der Waals surface area contributed by atoms with Gasteiger partial charge < -0.3 is 4.74 Å². The molecule has 28 heavy (non-hydrogen) atoms. The molecule has 0 amide bonds. The van der Waals surface area contributed by atoms with E-state index in [1.165, 1.54) is 6.33 Å². The summed E-state index contributed by atoms with van der Waals surface area (Å²) < 4.78 is 68.8. The summed E-state index contributed by atoms with van der Waals surface area (Å²) in [6, 6.07) is 11.2. The number of rotatable bonds is 7. The van der Waals surface area contributed by atoms with Crippen molar-refractivity contribution in [2.75, 3.05) is 0 Å². The summed E-state index contributed by atoms with van der Waals surface area (Å²) in [5.74, 6) is -0.491. The van der Waals surface area contributed by atoms with Crippen molar-refractivity contribution in [3.63, 3.8) is 0 Å². The molecule has 0 radical (unpaired) electrons. The smallest absolute Gasteiger partial charge is 0.406 e. The lowest BCUT2D eigenvalue weighted by Gasteiger charge is -2.10. The van der Waals surface area contributed by atoms with Crippen LogP contribution in [0.1, 0.15) is 11.1 Å². The number of nitrogens with zero attached hydrogens (tertiary/aromatic N) is 3. The molecule has 3 aromatic rings. The molecule has 1 aromatic heterocycles. The van der Waals surface area contributed by atoms with Gasteiger partial charge in [-0.25, -0.2) is 22.8 Å². The van der Waals surface area contributed by atoms with Crippen molar-refractivity contribution in [2.45, 2.75) is 24.3 Å². The molecule has 0 spiro atoms. The van der Waals surface area contributed by atoms with Gasteiger partial charge in [0.15, 0.2) is 0 Å². The third kappa shape index (κ3) is 5.54. The van der Waals surface area contributed by atoms with Crippen molar-refractivity contribution in [3.05, 3.63) is 72.3 Å². The molecule has 1 N–H and O–H groups in total. The van der Waals surface area contributed by atoms with E-state index in [4.69, 9.17) is 0 Å². The highest BCUT2D eigenvalue weighted by atomic mass is 32.2. The second-order valence-electron chi connectivity index (χ2n) is 5.75. The van der Waals surface area contributed by atoms with Crippen LogP contribution in [0, 0.1) is 0 Å². The molecule has 0 atom stereocenters. The lowest BCUT2D eigenvalue weighted by atomic mass is 10.1. The quantitative estimate of drug-likeness (QED) is 0.645. The zero-order chi connectivity index (χ0) is 20.2. The summed E-state index contributed by atoms with van der Waals surface area (Å²) in [5.41, 5.74) is 1.69. The lowest BCUT2D eigenvalue weighted by Crippen LogP contribution is -2.23. The molecule has 0 saturated heterocycles. The predicted octanol–water partition coefficient (Wildman–Crippen LogP) is 2.70. The van der Waals surface area contributed by atoms with E-state index in [2.05, 4.69) is 19.5 Å². The first-order valence-corrected chi connectivity index (χ1v) is 9.45. The molecule has 3 rings (SSSR count). The van der Waals surface area contributed by atoms with E-state index in [-0.39, 0.29) is 11.4 Å². The molecule has 0 bridgehead atoms. The van der Waals surface area contributed by atoms with Crippen molar-refractivity contribution in [2.24, 2.45) is 0 Å². The van der Waals surface area contributed by atoms with Gasteiger partial charge in [-0.15, -0.1) is 13.2 Å². The fourth-order valence-corrected chi connectivity index (χ4v) is 3.36. The summed E-state index contributed by atoms with van der Waals surface area (Å²) >= 11 is 0. The zero-order valence-electron chi connectivity index (χ0n) is 14.3. The van der Waals surface area contributed by atoms with Crippen molar-refractivity contribution < 1.29 is 26.3 Å². The van der Waals surface area contributed by atoms with Crippen LogP contribution in [0.5, 0.6) is 5.75 Å². The molecule has 0 aliphatic heterocycles. The Labute approximate surface area is 158 Å². The second-order valence-corrected chi connectivity index (χ2v) is 7.52. The number of aromatic nitrogens is 3. The number of hydrogen-bond acceptors (Lipinski definition) is 5. The molecule has 0 saturated carbocycles. The van der Waals surface area contributed by atoms with Crippen molar-refractivity contribution in [3.8, 4) is 5.75 Å². The highest BCUT2D eigenvalue weighted by molar-refractivity contribution is 7.89. The maximum Gasteiger partial charge on any atom is 0.573 e. The Hall–Kier alpha value is -2.92. The number of halogens is 3. The van der Waals surface area contributed by atoms with Gasteiger partial charge >= 0.3 is 6.36 Å². The Bertz CT molecular complexity index is 1000. The van der Waals surface area contributed by atoms with E-state index in [1.54, 1.807) is 23.1 Å². The molecule has 0 aliphatic rings. The van der Waals surface area contributed by atoms with Gasteiger partial charge in [-0.1, -0.05) is 24.3 Å². The minimum atomic E-state index is -4.83. The first-order valence-electron chi connectivity index (χ1n) is 7.97. The van der Waals surface area contributed by atoms with Gasteiger partial charge in [0.05, 0.1) is 11.4 Å². The van der Waals surface area contributed by atoms with Crippen LogP contribution in [0.4, 0.5) is 13.2 Å². The van der Waals surface area contributed by atoms with E-state index in [9.17, 15) is 21.6 Å². The number of benzene rings is 2. The van der Waals surface area contributed by atoms with Crippen LogP contribution >= 0.6 is 0 Å². The van der Waals surface area contributed by atoms with Crippen LogP contribution in [0.2, 0.25) is 0 Å². The molecule has 0 fully saturated rings. The Kier molecular flexibility index (Phi) is 5.66. The summed E-state index contributed by atoms with van der Waals surface area (Å²) in [5, 5.41) is 4.00. The highest BCUT2D eigenvalue weighted by Crippen LogP contribution is 2.23. The van der Waals surface area contributed by atoms with Crippen molar-refractivity contribution >= 4 is 10.0 Å². The van der Waals surface area contributed by atoms with E-state index < -0.39 is 22.1 Å². The third-order valence-corrected chi connectivity index (χ3v) is 5.09. The summed E-state index contributed by atoms with van der Waals surface area (Å²) in [6.45, 7) is 0.574. The molecule has 148 valence electrons. The van der Waals surface area contributed by atoms with E-state index in [0.717, 1.165) is 35.4 Å². The lowest BCUT2D eigenvalue weighted by molar-refractivity contribution is -0.274. The second kappa shape index (κ2) is 7.98. The van der Waals surface area contributed by atoms with Crippen molar-refractivity contribution in [1.82, 2.24) is 19.5 Å². The number of nitrogens with one attached hydrogen (secondary N) is 1. The predicted molar refractivity (Wildman–Crippen MR) is 92.7 cm³/mol. The van der Waals surface area contributed by atoms with E-state index >= 15 is 0 Å². The molecule has 11 heteroatoms. The van der Waals surface area contributed by atoms with Gasteiger partial charge in [0.25, 0.3) is 0 Å². The Morgan fingerprint density at radius 3 is 2.21 bits per heavy atom. The van der Waals surface area contributed by atoms with Crippen LogP contribution in [0.25, 0.3) is 0 Å². The number of alkyl halides is 3. The monoisotopic (exact) mass is 412 g/mol. The molecule has 7 nitrogen and oxygen atoms in total. The highest BCUT2D eigenvalue weighted by Gasteiger charge is 2.31. The SMILES string of the molecule is O=S(=O)(NCc1ccc(Cn2cncn2)cc1)c1ccc(OC(F)(F)F)cc1. The first kappa shape index (κ1) is 19.8. The number of hydrogen-bond donors (Lipinski definition) is 1. The number of sulfonamides is 1. The van der Waals surface area contributed by atoms with Gasteiger partial charge in [-0.2, -0.15) is 5.10 Å². The number of ether oxygens (including phenoxy) is 1. The summed E-state index contributed by atoms with van der Waals surface area (Å²) in [7, 11) is -3.88. The van der Waals surface area contributed by atoms with Crippen LogP contribution < -0.4 is 9.46 Å². The fraction of sp³-hybridized carbons (Fsp3) is 0.176. The topological polar surface area (TPSA) is 86.1 Å². The van der Waals surface area contributed by atoms with Gasteiger partial charge in [-0.05, 0) is 35.4 Å². The first-order chi connectivity index (χ1) is 13.2. The van der Waals surface area contributed by atoms with E-state index in [0.29, 0.717) is 6.54 Å². The minimum Gasteiger partial charge on any atom is -0.406 e. The van der Waals surface area contributed by atoms with Gasteiger partial charge in [0.2, 0.25) is 10.0 Å². The van der Waals surface area contributed by atoms with Crippen LogP contribution in [-0.4, -0.2) is 29.5 Å². The average molecular weight is 412 g/mol. The molecule has 0 unspecified atom stereocenters. The Morgan fingerprint density at radius 1 is 1.00 bits per heavy atom. The molecule has 2 aromatic carbocycles. The maximum absolute atomic E-state index is 12.3. The van der Waals surface area contributed by atoms with Crippen LogP contribution in [0.15, 0.2) is 66.1 Å². The Balaban J connectivity index is 1.60. The van der Waals surface area contributed by atoms with Crippen LogP contribution in [-0.2, 0) is 23.1 Å². The van der Waals surface area contributed by atoms with E-state index in [1.807, 2.05) is 12.1 Å². The third-order valence-electron chi connectivity index (χ3n) is 3.67. The molecular formula is C17H15F3N4O3S. The van der Waals surface area contributed by atoms with Gasteiger partial charge in [0, 0.05) is 6.54 Å². The summed E-state index contributed by atoms with van der Waals surface area (Å²) in [4.78, 5) is 3.69. The minimum absolute atomic E-state index is 0.0345. The normalized spacial score (nSPS) is 12.1. The fourth-order valence-electron chi connectivity index (χ4n) is 2.35. The van der Waals surface area contributed by atoms with Crippen molar-refractivity contribution in [1.29, 1.82) is 0 Å². The standard InChI is InChI=1S/C17H15F3N4O3S/c18-17(19,20)27-15-5-7-16(8-6-15)28(25,26)23-9-13-1-3-14(4-2-13)10-24-12-21-11-22-24/h1-8,11-12,23H,9-10H2. The van der Waals surface area contributed by atoms with Crippen LogP contribution in [0.3, 0.4) is 0 Å².